The van der Waals surface area contributed by atoms with Crippen LogP contribution in [0.2, 0.25) is 0 Å². The number of aromatic nitrogens is 1. The van der Waals surface area contributed by atoms with Crippen molar-refractivity contribution >= 4 is 32.6 Å². The van der Waals surface area contributed by atoms with E-state index in [1.165, 1.54) is 11.3 Å². The normalized spacial score (nSPS) is 11.1. The number of likely N-dealkylation sites (N-methyl/N-ethyl adjacent to an activating group) is 1. The molecule has 0 aliphatic carbocycles. The SMILES string of the molecule is CCOc1ccc2nc(N(CCN(CC)CC)C(=O)c3ccccc3Oc3ccccc3)sc2c1. The highest BCUT2D eigenvalue weighted by Gasteiger charge is 2.25. The number of carbonyl (C=O) groups excluding carboxylic acids is 1. The summed E-state index contributed by atoms with van der Waals surface area (Å²) >= 11 is 1.50. The Kier molecular flexibility index (Phi) is 8.34. The van der Waals surface area contributed by atoms with E-state index in [1.54, 1.807) is 4.90 Å². The highest BCUT2D eigenvalue weighted by atomic mass is 32.1. The minimum absolute atomic E-state index is 0.132. The molecule has 0 aliphatic rings. The summed E-state index contributed by atoms with van der Waals surface area (Å²) in [5.41, 5.74) is 1.35. The predicted octanol–water partition coefficient (Wildman–Crippen LogP) is 6.48. The molecule has 6 nitrogen and oxygen atoms in total. The molecule has 7 heteroatoms. The van der Waals surface area contributed by atoms with Crippen molar-refractivity contribution < 1.29 is 14.3 Å². The van der Waals surface area contributed by atoms with Gasteiger partial charge in [0.05, 0.1) is 22.4 Å². The number of nitrogens with zero attached hydrogens (tertiary/aromatic N) is 3. The number of amides is 1. The minimum atomic E-state index is -0.132. The lowest BCUT2D eigenvalue weighted by atomic mass is 10.1. The van der Waals surface area contributed by atoms with E-state index >= 15 is 0 Å². The van der Waals surface area contributed by atoms with Crippen LogP contribution in [0.5, 0.6) is 17.2 Å². The second-order valence-electron chi connectivity index (χ2n) is 7.95. The van der Waals surface area contributed by atoms with Crippen molar-refractivity contribution in [3.63, 3.8) is 0 Å². The fourth-order valence-electron chi connectivity index (χ4n) is 3.82. The van der Waals surface area contributed by atoms with Gasteiger partial charge in [-0.25, -0.2) is 4.98 Å². The summed E-state index contributed by atoms with van der Waals surface area (Å²) in [6, 6.07) is 22.7. The van der Waals surface area contributed by atoms with Crippen molar-refractivity contribution in [2.24, 2.45) is 0 Å². The van der Waals surface area contributed by atoms with Crippen LogP contribution in [0, 0.1) is 0 Å². The number of carbonyl (C=O) groups is 1. The van der Waals surface area contributed by atoms with Gasteiger partial charge in [0.25, 0.3) is 5.91 Å². The molecule has 4 rings (SSSR count). The van der Waals surface area contributed by atoms with Crippen LogP contribution in [-0.4, -0.2) is 48.6 Å². The Bertz CT molecular complexity index is 1250. The van der Waals surface area contributed by atoms with E-state index in [0.717, 1.165) is 35.6 Å². The molecule has 0 saturated heterocycles. The van der Waals surface area contributed by atoms with Crippen LogP contribution in [0.3, 0.4) is 0 Å². The lowest BCUT2D eigenvalue weighted by molar-refractivity contribution is 0.0981. The summed E-state index contributed by atoms with van der Waals surface area (Å²) in [5, 5.41) is 0.667. The molecule has 4 aromatic rings. The number of ether oxygens (including phenoxy) is 2. The molecular formula is C28H31N3O3S. The molecule has 1 amide bonds. The van der Waals surface area contributed by atoms with Gasteiger partial charge in [0, 0.05) is 13.1 Å². The Morgan fingerprint density at radius 1 is 0.886 bits per heavy atom. The number of hydrogen-bond acceptors (Lipinski definition) is 6. The van der Waals surface area contributed by atoms with Crippen LogP contribution in [0.25, 0.3) is 10.2 Å². The molecule has 0 unspecified atom stereocenters. The van der Waals surface area contributed by atoms with Gasteiger partial charge in [0.15, 0.2) is 5.13 Å². The summed E-state index contributed by atoms with van der Waals surface area (Å²) in [4.78, 5) is 22.8. The number of hydrogen-bond donors (Lipinski definition) is 0. The average Bonchev–Trinajstić information content (AvgIpc) is 3.30. The lowest BCUT2D eigenvalue weighted by Crippen LogP contribution is -2.39. The van der Waals surface area contributed by atoms with Gasteiger partial charge < -0.3 is 14.4 Å². The molecule has 182 valence electrons. The second-order valence-corrected chi connectivity index (χ2v) is 8.96. The fourth-order valence-corrected chi connectivity index (χ4v) is 4.84. The molecule has 0 saturated carbocycles. The van der Waals surface area contributed by atoms with E-state index in [0.29, 0.717) is 35.3 Å². The van der Waals surface area contributed by atoms with E-state index < -0.39 is 0 Å². The van der Waals surface area contributed by atoms with Gasteiger partial charge in [0.2, 0.25) is 0 Å². The third-order valence-electron chi connectivity index (χ3n) is 5.76. The van der Waals surface area contributed by atoms with E-state index in [9.17, 15) is 4.79 Å². The Balaban J connectivity index is 1.69. The molecule has 0 atom stereocenters. The number of anilines is 1. The van der Waals surface area contributed by atoms with E-state index in [2.05, 4.69) is 18.7 Å². The molecule has 0 bridgehead atoms. The molecule has 3 aromatic carbocycles. The molecule has 0 aliphatic heterocycles. The van der Waals surface area contributed by atoms with Crippen molar-refractivity contribution in [1.29, 1.82) is 0 Å². The summed E-state index contributed by atoms with van der Waals surface area (Å²) in [7, 11) is 0. The average molecular weight is 490 g/mol. The van der Waals surface area contributed by atoms with Crippen molar-refractivity contribution in [1.82, 2.24) is 9.88 Å². The van der Waals surface area contributed by atoms with Crippen LogP contribution >= 0.6 is 11.3 Å². The van der Waals surface area contributed by atoms with Gasteiger partial charge in [-0.3, -0.25) is 9.69 Å². The Morgan fingerprint density at radius 3 is 2.37 bits per heavy atom. The van der Waals surface area contributed by atoms with Gasteiger partial charge in [-0.05, 0) is 62.5 Å². The number of benzene rings is 3. The van der Waals surface area contributed by atoms with E-state index in [1.807, 2.05) is 79.7 Å². The molecule has 1 aromatic heterocycles. The first-order valence-electron chi connectivity index (χ1n) is 12.0. The van der Waals surface area contributed by atoms with Gasteiger partial charge in [-0.2, -0.15) is 0 Å². The molecule has 35 heavy (non-hydrogen) atoms. The minimum Gasteiger partial charge on any atom is -0.494 e. The fraction of sp³-hybridized carbons (Fsp3) is 0.286. The van der Waals surface area contributed by atoms with Crippen molar-refractivity contribution in [3.8, 4) is 17.2 Å². The van der Waals surface area contributed by atoms with Crippen molar-refractivity contribution in [2.45, 2.75) is 20.8 Å². The molecular weight excluding hydrogens is 458 g/mol. The van der Waals surface area contributed by atoms with Crippen LogP contribution in [0.15, 0.2) is 72.8 Å². The van der Waals surface area contributed by atoms with Crippen LogP contribution in [-0.2, 0) is 0 Å². The highest BCUT2D eigenvalue weighted by molar-refractivity contribution is 7.22. The molecule has 0 N–H and O–H groups in total. The van der Waals surface area contributed by atoms with Crippen molar-refractivity contribution in [2.75, 3.05) is 37.7 Å². The molecule has 0 spiro atoms. The number of para-hydroxylation sites is 2. The van der Waals surface area contributed by atoms with E-state index in [-0.39, 0.29) is 5.91 Å². The number of thiazole rings is 1. The first-order chi connectivity index (χ1) is 17.1. The predicted molar refractivity (Wildman–Crippen MR) is 143 cm³/mol. The highest BCUT2D eigenvalue weighted by Crippen LogP contribution is 2.34. The Hall–Kier alpha value is -3.42. The second kappa shape index (κ2) is 11.8. The maximum atomic E-state index is 14.0. The molecule has 0 radical (unpaired) electrons. The van der Waals surface area contributed by atoms with Gasteiger partial charge in [0.1, 0.15) is 17.2 Å². The van der Waals surface area contributed by atoms with Crippen molar-refractivity contribution in [3.05, 3.63) is 78.4 Å². The zero-order valence-electron chi connectivity index (χ0n) is 20.4. The Labute approximate surface area is 210 Å². The topological polar surface area (TPSA) is 54.9 Å². The quantitative estimate of drug-likeness (QED) is 0.241. The van der Waals surface area contributed by atoms with E-state index in [4.69, 9.17) is 14.5 Å². The van der Waals surface area contributed by atoms with Crippen LogP contribution < -0.4 is 14.4 Å². The summed E-state index contributed by atoms with van der Waals surface area (Å²) in [6.45, 7) is 9.94. The zero-order chi connectivity index (χ0) is 24.6. The Morgan fingerprint density at radius 2 is 1.63 bits per heavy atom. The smallest absolute Gasteiger partial charge is 0.263 e. The third kappa shape index (κ3) is 5.99. The maximum Gasteiger partial charge on any atom is 0.263 e. The third-order valence-corrected chi connectivity index (χ3v) is 6.80. The monoisotopic (exact) mass is 489 g/mol. The van der Waals surface area contributed by atoms with Gasteiger partial charge in [-0.15, -0.1) is 0 Å². The summed E-state index contributed by atoms with van der Waals surface area (Å²) < 4.78 is 12.7. The zero-order valence-corrected chi connectivity index (χ0v) is 21.3. The summed E-state index contributed by atoms with van der Waals surface area (Å²) in [5.74, 6) is 1.88. The van der Waals surface area contributed by atoms with Crippen LogP contribution in [0.1, 0.15) is 31.1 Å². The largest absolute Gasteiger partial charge is 0.494 e. The molecule has 0 fully saturated rings. The molecule has 1 heterocycles. The first-order valence-corrected chi connectivity index (χ1v) is 12.8. The number of rotatable bonds is 11. The first kappa shape index (κ1) is 24.7. The van der Waals surface area contributed by atoms with Gasteiger partial charge >= 0.3 is 0 Å². The number of fused-ring (bicyclic) bond motifs is 1. The van der Waals surface area contributed by atoms with Crippen LogP contribution in [0.4, 0.5) is 5.13 Å². The van der Waals surface area contributed by atoms with Gasteiger partial charge in [-0.1, -0.05) is 55.5 Å². The lowest BCUT2D eigenvalue weighted by Gasteiger charge is -2.25. The maximum absolute atomic E-state index is 14.0. The summed E-state index contributed by atoms with van der Waals surface area (Å²) in [6.07, 6.45) is 0. The standard InChI is InChI=1S/C28H31N3O3S/c1-4-30(5-2)18-19-31(28-29-24-17-16-22(33-6-3)20-26(24)35-28)27(32)23-14-10-11-15-25(23)34-21-12-8-7-9-13-21/h7-17,20H,4-6,18-19H2,1-3H3.